The molecular weight excluding hydrogens is 208 g/mol. The average Bonchev–Trinajstić information content (AvgIpc) is 1.93. The van der Waals surface area contributed by atoms with E-state index in [0.717, 1.165) is 0 Å². The van der Waals surface area contributed by atoms with Crippen molar-refractivity contribution >= 4 is 12.4 Å². The molecular formula is C10H20ClF2N. The average molecular weight is 228 g/mol. The fourth-order valence-electron chi connectivity index (χ4n) is 1.84. The van der Waals surface area contributed by atoms with Crippen LogP contribution < -0.4 is 5.32 Å². The Hall–Kier alpha value is 0.110. The van der Waals surface area contributed by atoms with Gasteiger partial charge in [0.15, 0.2) is 0 Å². The number of rotatable bonds is 0. The zero-order chi connectivity index (χ0) is 10.3. The first-order valence-corrected chi connectivity index (χ1v) is 4.84. The molecule has 1 rings (SSSR count). The lowest BCUT2D eigenvalue weighted by molar-refractivity contribution is -0.146. The van der Waals surface area contributed by atoms with Crippen LogP contribution in [0.25, 0.3) is 0 Å². The second-order valence-corrected chi connectivity index (χ2v) is 5.11. The van der Waals surface area contributed by atoms with Gasteiger partial charge in [0.05, 0.1) is 5.54 Å². The molecule has 1 saturated heterocycles. The molecule has 1 fully saturated rings. The molecule has 1 heterocycles. The zero-order valence-electron chi connectivity index (χ0n) is 9.29. The molecule has 86 valence electrons. The van der Waals surface area contributed by atoms with Crippen molar-refractivity contribution in [3.8, 4) is 0 Å². The lowest BCUT2D eigenvalue weighted by Crippen LogP contribution is -2.66. The summed E-state index contributed by atoms with van der Waals surface area (Å²) < 4.78 is 27.4. The molecule has 0 spiro atoms. The van der Waals surface area contributed by atoms with E-state index in [1.165, 1.54) is 0 Å². The maximum absolute atomic E-state index is 13.7. The molecule has 0 aromatic rings. The van der Waals surface area contributed by atoms with Crippen LogP contribution in [-0.4, -0.2) is 18.0 Å². The summed E-state index contributed by atoms with van der Waals surface area (Å²) in [5.41, 5.74) is -1.49. The maximum atomic E-state index is 13.7. The van der Waals surface area contributed by atoms with Crippen molar-refractivity contribution in [2.24, 2.45) is 5.41 Å². The molecule has 0 aromatic heterocycles. The highest BCUT2D eigenvalue weighted by molar-refractivity contribution is 5.85. The maximum Gasteiger partial charge on any atom is 0.266 e. The second kappa shape index (κ2) is 3.93. The van der Waals surface area contributed by atoms with Gasteiger partial charge in [-0.3, -0.25) is 0 Å². The minimum absolute atomic E-state index is 0. The fraction of sp³-hybridized carbons (Fsp3) is 1.00. The van der Waals surface area contributed by atoms with Crippen LogP contribution in [0.2, 0.25) is 0 Å². The van der Waals surface area contributed by atoms with Gasteiger partial charge in [-0.25, -0.2) is 8.78 Å². The van der Waals surface area contributed by atoms with E-state index < -0.39 is 16.9 Å². The van der Waals surface area contributed by atoms with Crippen LogP contribution in [0.1, 0.15) is 40.5 Å². The highest BCUT2D eigenvalue weighted by atomic mass is 35.5. The SMILES string of the molecule is CC(C)(C)C1(C)NCCCC1(F)F.Cl. The van der Waals surface area contributed by atoms with E-state index in [1.807, 2.05) is 20.8 Å². The fourth-order valence-corrected chi connectivity index (χ4v) is 1.84. The molecule has 0 amide bonds. The zero-order valence-corrected chi connectivity index (χ0v) is 10.1. The minimum atomic E-state index is -2.59. The van der Waals surface area contributed by atoms with Crippen molar-refractivity contribution in [2.75, 3.05) is 6.54 Å². The molecule has 1 aliphatic rings. The molecule has 0 aliphatic carbocycles. The predicted molar refractivity (Wildman–Crippen MR) is 57.3 cm³/mol. The lowest BCUT2D eigenvalue weighted by atomic mass is 9.68. The molecule has 0 radical (unpaired) electrons. The Morgan fingerprint density at radius 2 is 1.71 bits per heavy atom. The number of hydrogen-bond donors (Lipinski definition) is 1. The van der Waals surface area contributed by atoms with Gasteiger partial charge >= 0.3 is 0 Å². The molecule has 1 unspecified atom stereocenters. The Labute approximate surface area is 91.1 Å². The summed E-state index contributed by atoms with van der Waals surface area (Å²) in [6.45, 7) is 7.91. The largest absolute Gasteiger partial charge is 0.306 e. The number of alkyl halides is 2. The lowest BCUT2D eigenvalue weighted by Gasteiger charge is -2.50. The van der Waals surface area contributed by atoms with Gasteiger partial charge in [-0.15, -0.1) is 12.4 Å². The first-order chi connectivity index (χ1) is 5.71. The third kappa shape index (κ3) is 2.03. The van der Waals surface area contributed by atoms with E-state index in [4.69, 9.17) is 0 Å². The first kappa shape index (κ1) is 14.1. The Morgan fingerprint density at radius 1 is 1.21 bits per heavy atom. The third-order valence-electron chi connectivity index (χ3n) is 3.38. The smallest absolute Gasteiger partial charge is 0.266 e. The van der Waals surface area contributed by atoms with E-state index in [0.29, 0.717) is 13.0 Å². The summed E-state index contributed by atoms with van der Waals surface area (Å²) >= 11 is 0. The van der Waals surface area contributed by atoms with E-state index in [2.05, 4.69) is 5.32 Å². The quantitative estimate of drug-likeness (QED) is 0.670. The normalized spacial score (nSPS) is 32.1. The van der Waals surface area contributed by atoms with Crippen LogP contribution in [0.5, 0.6) is 0 Å². The van der Waals surface area contributed by atoms with Crippen molar-refractivity contribution < 1.29 is 8.78 Å². The van der Waals surface area contributed by atoms with Crippen LogP contribution in [-0.2, 0) is 0 Å². The van der Waals surface area contributed by atoms with Gasteiger partial charge in [-0.1, -0.05) is 20.8 Å². The molecule has 1 aliphatic heterocycles. The van der Waals surface area contributed by atoms with Crippen LogP contribution in [0.15, 0.2) is 0 Å². The highest BCUT2D eigenvalue weighted by Crippen LogP contribution is 2.46. The predicted octanol–water partition coefficient (Wildman–Crippen LogP) is 3.23. The van der Waals surface area contributed by atoms with Crippen LogP contribution in [0.3, 0.4) is 0 Å². The summed E-state index contributed by atoms with van der Waals surface area (Å²) in [4.78, 5) is 0. The van der Waals surface area contributed by atoms with Crippen molar-refractivity contribution in [1.82, 2.24) is 5.32 Å². The second-order valence-electron chi connectivity index (χ2n) is 5.11. The van der Waals surface area contributed by atoms with Crippen LogP contribution >= 0.6 is 12.4 Å². The van der Waals surface area contributed by atoms with Gasteiger partial charge < -0.3 is 5.32 Å². The summed E-state index contributed by atoms with van der Waals surface area (Å²) in [5, 5.41) is 2.98. The molecule has 0 aromatic carbocycles. The monoisotopic (exact) mass is 227 g/mol. The molecule has 0 bridgehead atoms. The number of nitrogens with one attached hydrogen (secondary N) is 1. The molecule has 1 nitrogen and oxygen atoms in total. The van der Waals surface area contributed by atoms with Crippen molar-refractivity contribution in [2.45, 2.75) is 52.0 Å². The summed E-state index contributed by atoms with van der Waals surface area (Å²) in [5.74, 6) is -2.59. The molecule has 0 saturated carbocycles. The molecule has 4 heteroatoms. The van der Waals surface area contributed by atoms with Crippen molar-refractivity contribution in [3.05, 3.63) is 0 Å². The third-order valence-corrected chi connectivity index (χ3v) is 3.38. The van der Waals surface area contributed by atoms with E-state index >= 15 is 0 Å². The number of halogens is 3. The van der Waals surface area contributed by atoms with E-state index in [-0.39, 0.29) is 18.8 Å². The Bertz CT molecular complexity index is 201. The Balaban J connectivity index is 0.00000169. The number of hydrogen-bond acceptors (Lipinski definition) is 1. The first-order valence-electron chi connectivity index (χ1n) is 4.84. The van der Waals surface area contributed by atoms with Gasteiger partial charge in [-0.2, -0.15) is 0 Å². The number of piperidine rings is 1. The summed E-state index contributed by atoms with van der Waals surface area (Å²) in [7, 11) is 0. The van der Waals surface area contributed by atoms with Gasteiger partial charge in [0.2, 0.25) is 0 Å². The van der Waals surface area contributed by atoms with Gasteiger partial charge in [-0.05, 0) is 25.3 Å². The van der Waals surface area contributed by atoms with E-state index in [1.54, 1.807) is 6.92 Å². The van der Waals surface area contributed by atoms with Crippen molar-refractivity contribution in [3.63, 3.8) is 0 Å². The topological polar surface area (TPSA) is 12.0 Å². The van der Waals surface area contributed by atoms with Crippen LogP contribution in [0, 0.1) is 5.41 Å². The van der Waals surface area contributed by atoms with Gasteiger partial charge in [0, 0.05) is 6.42 Å². The van der Waals surface area contributed by atoms with E-state index in [9.17, 15) is 8.78 Å². The van der Waals surface area contributed by atoms with Crippen molar-refractivity contribution in [1.29, 1.82) is 0 Å². The van der Waals surface area contributed by atoms with Gasteiger partial charge in [0.1, 0.15) is 0 Å². The molecule has 1 N–H and O–H groups in total. The van der Waals surface area contributed by atoms with Crippen LogP contribution in [0.4, 0.5) is 8.78 Å². The minimum Gasteiger partial charge on any atom is -0.306 e. The highest BCUT2D eigenvalue weighted by Gasteiger charge is 2.57. The Morgan fingerprint density at radius 3 is 2.00 bits per heavy atom. The summed E-state index contributed by atoms with van der Waals surface area (Å²) in [6, 6.07) is 0. The molecule has 14 heavy (non-hydrogen) atoms. The summed E-state index contributed by atoms with van der Waals surface area (Å²) in [6.07, 6.45) is 0.576. The van der Waals surface area contributed by atoms with Gasteiger partial charge in [0.25, 0.3) is 5.92 Å². The standard InChI is InChI=1S/C10H19F2N.ClH/c1-8(2,3)9(4)10(11,12)6-5-7-13-9;/h13H,5-7H2,1-4H3;1H. The Kier molecular flexibility index (Phi) is 3.96. The molecule has 1 atom stereocenters.